The van der Waals surface area contributed by atoms with Gasteiger partial charge in [-0.1, -0.05) is 35.8 Å². The summed E-state index contributed by atoms with van der Waals surface area (Å²) >= 11 is 3.47. The van der Waals surface area contributed by atoms with E-state index < -0.39 is 0 Å². The van der Waals surface area contributed by atoms with Crippen LogP contribution in [0.2, 0.25) is 0 Å². The van der Waals surface area contributed by atoms with E-state index in [9.17, 15) is 0 Å². The predicted molar refractivity (Wildman–Crippen MR) is 75.0 cm³/mol. The Hall–Kier alpha value is -0.540. The van der Waals surface area contributed by atoms with Crippen LogP contribution in [0.5, 0.6) is 0 Å². The highest BCUT2D eigenvalue weighted by molar-refractivity contribution is 9.10. The number of nitrogens with zero attached hydrogens (tertiary/aromatic N) is 1. The maximum atomic E-state index is 3.47. The van der Waals surface area contributed by atoms with Gasteiger partial charge < -0.3 is 10.2 Å². The van der Waals surface area contributed by atoms with Crippen molar-refractivity contribution in [2.45, 2.75) is 20.3 Å². The van der Waals surface area contributed by atoms with Gasteiger partial charge in [-0.05, 0) is 37.7 Å². The standard InChI is InChI=1S/C13H21BrN2/c1-3-9-16(4-2)10-8-15-13-7-5-6-12(14)11-13/h5-7,11,15H,3-4,8-10H2,1-2H3. The molecule has 0 heterocycles. The van der Waals surface area contributed by atoms with Crippen molar-refractivity contribution in [3.8, 4) is 0 Å². The SMILES string of the molecule is CCCN(CC)CCNc1cccc(Br)c1. The fraction of sp³-hybridized carbons (Fsp3) is 0.538. The van der Waals surface area contributed by atoms with E-state index in [1.165, 1.54) is 18.7 Å². The number of benzene rings is 1. The minimum atomic E-state index is 1.00. The van der Waals surface area contributed by atoms with Crippen LogP contribution in [0.1, 0.15) is 20.3 Å². The van der Waals surface area contributed by atoms with Crippen LogP contribution in [0.15, 0.2) is 28.7 Å². The average molecular weight is 285 g/mol. The fourth-order valence-corrected chi connectivity index (χ4v) is 2.10. The van der Waals surface area contributed by atoms with Crippen LogP contribution < -0.4 is 5.32 Å². The third-order valence-electron chi connectivity index (χ3n) is 2.57. The molecule has 0 spiro atoms. The van der Waals surface area contributed by atoms with Crippen LogP contribution in [-0.2, 0) is 0 Å². The molecule has 16 heavy (non-hydrogen) atoms. The molecule has 0 fully saturated rings. The van der Waals surface area contributed by atoms with Crippen molar-refractivity contribution in [1.29, 1.82) is 0 Å². The maximum absolute atomic E-state index is 3.47. The Labute approximate surface area is 107 Å². The summed E-state index contributed by atoms with van der Waals surface area (Å²) in [5.41, 5.74) is 1.18. The van der Waals surface area contributed by atoms with E-state index in [4.69, 9.17) is 0 Å². The zero-order valence-corrected chi connectivity index (χ0v) is 11.8. The Morgan fingerprint density at radius 2 is 2.06 bits per heavy atom. The number of anilines is 1. The average Bonchev–Trinajstić information content (AvgIpc) is 2.28. The second kappa shape index (κ2) is 7.69. The van der Waals surface area contributed by atoms with E-state index >= 15 is 0 Å². The van der Waals surface area contributed by atoms with Crippen molar-refractivity contribution in [2.24, 2.45) is 0 Å². The number of likely N-dealkylation sites (N-methyl/N-ethyl adjacent to an activating group) is 1. The third kappa shape index (κ3) is 4.99. The third-order valence-corrected chi connectivity index (χ3v) is 3.06. The molecule has 0 unspecified atom stereocenters. The van der Waals surface area contributed by atoms with Gasteiger partial charge in [0.2, 0.25) is 0 Å². The van der Waals surface area contributed by atoms with E-state index in [0.29, 0.717) is 0 Å². The van der Waals surface area contributed by atoms with Crippen LogP contribution in [0.25, 0.3) is 0 Å². The van der Waals surface area contributed by atoms with Gasteiger partial charge in [0.05, 0.1) is 0 Å². The first kappa shape index (κ1) is 13.5. The molecular weight excluding hydrogens is 264 g/mol. The first-order valence-electron chi connectivity index (χ1n) is 5.98. The summed E-state index contributed by atoms with van der Waals surface area (Å²) in [6.07, 6.45) is 1.23. The maximum Gasteiger partial charge on any atom is 0.0351 e. The van der Waals surface area contributed by atoms with Crippen molar-refractivity contribution < 1.29 is 0 Å². The van der Waals surface area contributed by atoms with Crippen LogP contribution in [0.4, 0.5) is 5.69 Å². The lowest BCUT2D eigenvalue weighted by Crippen LogP contribution is -2.29. The summed E-state index contributed by atoms with van der Waals surface area (Å²) in [5.74, 6) is 0. The van der Waals surface area contributed by atoms with Gasteiger partial charge in [-0.2, -0.15) is 0 Å². The number of halogens is 1. The van der Waals surface area contributed by atoms with Crippen molar-refractivity contribution in [1.82, 2.24) is 4.90 Å². The number of nitrogens with one attached hydrogen (secondary N) is 1. The normalized spacial score (nSPS) is 10.8. The number of hydrogen-bond donors (Lipinski definition) is 1. The summed E-state index contributed by atoms with van der Waals surface area (Å²) < 4.78 is 1.12. The quantitative estimate of drug-likeness (QED) is 0.823. The Morgan fingerprint density at radius 1 is 1.25 bits per heavy atom. The molecular formula is C13H21BrN2. The topological polar surface area (TPSA) is 15.3 Å². The molecule has 1 aromatic carbocycles. The molecule has 1 aromatic rings. The molecule has 0 saturated heterocycles. The summed E-state index contributed by atoms with van der Waals surface area (Å²) in [7, 11) is 0. The van der Waals surface area contributed by atoms with Crippen LogP contribution in [0, 0.1) is 0 Å². The predicted octanol–water partition coefficient (Wildman–Crippen LogP) is 3.59. The molecule has 1 rings (SSSR count). The smallest absolute Gasteiger partial charge is 0.0351 e. The highest BCUT2D eigenvalue weighted by Gasteiger charge is 1.99. The Kier molecular flexibility index (Phi) is 6.50. The highest BCUT2D eigenvalue weighted by atomic mass is 79.9. The zero-order valence-electron chi connectivity index (χ0n) is 10.2. The van der Waals surface area contributed by atoms with Gasteiger partial charge in [-0.3, -0.25) is 0 Å². The number of rotatable bonds is 7. The molecule has 0 radical (unpaired) electrons. The first-order valence-corrected chi connectivity index (χ1v) is 6.77. The lowest BCUT2D eigenvalue weighted by Gasteiger charge is -2.19. The molecule has 2 nitrogen and oxygen atoms in total. The fourth-order valence-electron chi connectivity index (χ4n) is 1.70. The molecule has 0 bridgehead atoms. The zero-order chi connectivity index (χ0) is 11.8. The Morgan fingerprint density at radius 3 is 2.69 bits per heavy atom. The van der Waals surface area contributed by atoms with Crippen LogP contribution in [-0.4, -0.2) is 31.1 Å². The second-order valence-corrected chi connectivity index (χ2v) is 4.79. The minimum Gasteiger partial charge on any atom is -0.384 e. The molecule has 0 saturated carbocycles. The van der Waals surface area contributed by atoms with Crippen molar-refractivity contribution >= 4 is 21.6 Å². The molecule has 0 aromatic heterocycles. The van der Waals surface area contributed by atoms with E-state index in [1.54, 1.807) is 0 Å². The van der Waals surface area contributed by atoms with Gasteiger partial charge in [0.1, 0.15) is 0 Å². The van der Waals surface area contributed by atoms with Gasteiger partial charge in [-0.25, -0.2) is 0 Å². The van der Waals surface area contributed by atoms with Crippen molar-refractivity contribution in [3.05, 3.63) is 28.7 Å². The molecule has 0 amide bonds. The summed E-state index contributed by atoms with van der Waals surface area (Å²) in [6, 6.07) is 8.30. The molecule has 0 aliphatic heterocycles. The summed E-state index contributed by atoms with van der Waals surface area (Å²) in [6.45, 7) is 8.88. The molecule has 3 heteroatoms. The highest BCUT2D eigenvalue weighted by Crippen LogP contribution is 2.15. The minimum absolute atomic E-state index is 1.00. The second-order valence-electron chi connectivity index (χ2n) is 3.87. The van der Waals surface area contributed by atoms with Crippen molar-refractivity contribution in [3.63, 3.8) is 0 Å². The van der Waals surface area contributed by atoms with Gasteiger partial charge >= 0.3 is 0 Å². The molecule has 0 aliphatic rings. The Bertz CT molecular complexity index is 302. The lowest BCUT2D eigenvalue weighted by molar-refractivity contribution is 0.300. The van der Waals surface area contributed by atoms with Gasteiger partial charge in [0.15, 0.2) is 0 Å². The van der Waals surface area contributed by atoms with Gasteiger partial charge in [0.25, 0.3) is 0 Å². The van der Waals surface area contributed by atoms with Crippen LogP contribution in [0.3, 0.4) is 0 Å². The van der Waals surface area contributed by atoms with Crippen molar-refractivity contribution in [2.75, 3.05) is 31.5 Å². The monoisotopic (exact) mass is 284 g/mol. The van der Waals surface area contributed by atoms with E-state index in [-0.39, 0.29) is 0 Å². The van der Waals surface area contributed by atoms with Crippen LogP contribution >= 0.6 is 15.9 Å². The van der Waals surface area contributed by atoms with E-state index in [0.717, 1.165) is 24.1 Å². The molecule has 0 atom stereocenters. The lowest BCUT2D eigenvalue weighted by atomic mass is 10.3. The first-order chi connectivity index (χ1) is 7.76. The molecule has 0 aliphatic carbocycles. The van der Waals surface area contributed by atoms with E-state index in [1.807, 2.05) is 6.07 Å². The molecule has 90 valence electrons. The molecule has 1 N–H and O–H groups in total. The Balaban J connectivity index is 2.29. The van der Waals surface area contributed by atoms with E-state index in [2.05, 4.69) is 58.2 Å². The summed E-state index contributed by atoms with van der Waals surface area (Å²) in [4.78, 5) is 2.46. The summed E-state index contributed by atoms with van der Waals surface area (Å²) in [5, 5.41) is 3.44. The largest absolute Gasteiger partial charge is 0.384 e. The van der Waals surface area contributed by atoms with Gasteiger partial charge in [-0.15, -0.1) is 0 Å². The number of hydrogen-bond acceptors (Lipinski definition) is 2. The van der Waals surface area contributed by atoms with Gasteiger partial charge in [0, 0.05) is 23.2 Å².